The summed E-state index contributed by atoms with van der Waals surface area (Å²) in [6.45, 7) is 6.24. The largest absolute Gasteiger partial charge is 0.497 e. The smallest absolute Gasteiger partial charge is 0.226 e. The average Bonchev–Trinajstić information content (AvgIpc) is 2.74. The van der Waals surface area contributed by atoms with Gasteiger partial charge in [0.25, 0.3) is 0 Å². The van der Waals surface area contributed by atoms with Crippen molar-refractivity contribution >= 4 is 5.91 Å². The summed E-state index contributed by atoms with van der Waals surface area (Å²) >= 11 is 0. The summed E-state index contributed by atoms with van der Waals surface area (Å²) in [5.41, 5.74) is 3.67. The highest BCUT2D eigenvalue weighted by Crippen LogP contribution is 2.19. The SMILES string of the molecule is COc1ccc(CCN2CCC[C@@H](CN(C)C(=O)Cc3ccccc3C)C2)cc1. The second-order valence-corrected chi connectivity index (χ2v) is 8.28. The Hall–Kier alpha value is -2.33. The molecular weight excluding hydrogens is 360 g/mol. The average molecular weight is 395 g/mol. The lowest BCUT2D eigenvalue weighted by Gasteiger charge is -2.34. The first-order valence-electron chi connectivity index (χ1n) is 10.7. The Balaban J connectivity index is 1.45. The van der Waals surface area contributed by atoms with Crippen molar-refractivity contribution in [3.8, 4) is 5.75 Å². The molecule has 0 aliphatic carbocycles. The van der Waals surface area contributed by atoms with E-state index in [1.54, 1.807) is 7.11 Å². The number of hydrogen-bond acceptors (Lipinski definition) is 3. The Morgan fingerprint density at radius 2 is 1.93 bits per heavy atom. The minimum absolute atomic E-state index is 0.217. The molecule has 0 aromatic heterocycles. The fourth-order valence-corrected chi connectivity index (χ4v) is 4.18. The number of methoxy groups -OCH3 is 1. The van der Waals surface area contributed by atoms with Crippen LogP contribution in [0.4, 0.5) is 0 Å². The van der Waals surface area contributed by atoms with Gasteiger partial charge in [-0.05, 0) is 67.5 Å². The highest BCUT2D eigenvalue weighted by molar-refractivity contribution is 5.78. The van der Waals surface area contributed by atoms with Crippen molar-refractivity contribution in [2.45, 2.75) is 32.6 Å². The molecule has 29 heavy (non-hydrogen) atoms. The fourth-order valence-electron chi connectivity index (χ4n) is 4.18. The molecule has 156 valence electrons. The van der Waals surface area contributed by atoms with Gasteiger partial charge in [0.15, 0.2) is 0 Å². The van der Waals surface area contributed by atoms with Crippen LogP contribution >= 0.6 is 0 Å². The van der Waals surface area contributed by atoms with Crippen LogP contribution < -0.4 is 4.74 Å². The molecule has 0 unspecified atom stereocenters. The predicted octanol–water partition coefficient (Wildman–Crippen LogP) is 3.96. The van der Waals surface area contributed by atoms with E-state index < -0.39 is 0 Å². The van der Waals surface area contributed by atoms with E-state index in [1.165, 1.54) is 24.0 Å². The monoisotopic (exact) mass is 394 g/mol. The second-order valence-electron chi connectivity index (χ2n) is 8.28. The van der Waals surface area contributed by atoms with Crippen molar-refractivity contribution in [2.24, 2.45) is 5.92 Å². The van der Waals surface area contributed by atoms with E-state index in [0.29, 0.717) is 12.3 Å². The third-order valence-electron chi connectivity index (χ3n) is 6.04. The number of likely N-dealkylation sites (tertiary alicyclic amines) is 1. The van der Waals surface area contributed by atoms with Crippen molar-refractivity contribution < 1.29 is 9.53 Å². The fraction of sp³-hybridized carbons (Fsp3) is 0.480. The van der Waals surface area contributed by atoms with Crippen LogP contribution in [0, 0.1) is 12.8 Å². The molecule has 1 aliphatic rings. The Morgan fingerprint density at radius 1 is 1.17 bits per heavy atom. The number of nitrogens with zero attached hydrogens (tertiary/aromatic N) is 2. The molecule has 4 nitrogen and oxygen atoms in total. The molecule has 1 saturated heterocycles. The van der Waals surface area contributed by atoms with Gasteiger partial charge in [0, 0.05) is 26.7 Å². The molecule has 2 aromatic rings. The van der Waals surface area contributed by atoms with E-state index in [2.05, 4.69) is 36.1 Å². The number of carbonyl (C=O) groups excluding carboxylic acids is 1. The number of carbonyl (C=O) groups is 1. The summed E-state index contributed by atoms with van der Waals surface area (Å²) in [5, 5.41) is 0. The van der Waals surface area contributed by atoms with Gasteiger partial charge in [0.05, 0.1) is 13.5 Å². The molecule has 0 saturated carbocycles. The van der Waals surface area contributed by atoms with Gasteiger partial charge < -0.3 is 14.5 Å². The summed E-state index contributed by atoms with van der Waals surface area (Å²) in [5.74, 6) is 1.69. The molecule has 2 aromatic carbocycles. The molecule has 1 atom stereocenters. The van der Waals surface area contributed by atoms with Crippen LogP contribution in [0.2, 0.25) is 0 Å². The highest BCUT2D eigenvalue weighted by Gasteiger charge is 2.22. The first-order valence-corrected chi connectivity index (χ1v) is 10.7. The van der Waals surface area contributed by atoms with Gasteiger partial charge >= 0.3 is 0 Å². The lowest BCUT2D eigenvalue weighted by molar-refractivity contribution is -0.130. The molecule has 1 heterocycles. The molecule has 0 spiro atoms. The summed E-state index contributed by atoms with van der Waals surface area (Å²) in [7, 11) is 3.66. The van der Waals surface area contributed by atoms with E-state index >= 15 is 0 Å². The van der Waals surface area contributed by atoms with E-state index in [9.17, 15) is 4.79 Å². The molecule has 1 aliphatic heterocycles. The zero-order valence-electron chi connectivity index (χ0n) is 18.1. The maximum atomic E-state index is 12.7. The van der Waals surface area contributed by atoms with Crippen LogP contribution in [0.15, 0.2) is 48.5 Å². The van der Waals surface area contributed by atoms with E-state index in [4.69, 9.17) is 4.74 Å². The highest BCUT2D eigenvalue weighted by atomic mass is 16.5. The Labute approximate surface area is 175 Å². The molecule has 0 bridgehead atoms. The van der Waals surface area contributed by atoms with Gasteiger partial charge in [0.2, 0.25) is 5.91 Å². The quantitative estimate of drug-likeness (QED) is 0.679. The number of benzene rings is 2. The first-order chi connectivity index (χ1) is 14.0. The first kappa shape index (κ1) is 21.4. The standard InChI is InChI=1S/C25H34N2O2/c1-20-7-4-5-9-23(20)17-25(28)26(2)18-22-8-6-15-27(19-22)16-14-21-10-12-24(29-3)13-11-21/h4-5,7,9-13,22H,6,8,14-19H2,1-3H3/t22-/m0/s1. The second kappa shape index (κ2) is 10.4. The number of ether oxygens (including phenoxy) is 1. The van der Waals surface area contributed by atoms with Gasteiger partial charge in [0.1, 0.15) is 5.75 Å². The van der Waals surface area contributed by atoms with Gasteiger partial charge in [-0.1, -0.05) is 36.4 Å². The van der Waals surface area contributed by atoms with Crippen molar-refractivity contribution in [2.75, 3.05) is 40.3 Å². The summed E-state index contributed by atoms with van der Waals surface area (Å²) in [6.07, 6.45) is 3.98. The summed E-state index contributed by atoms with van der Waals surface area (Å²) in [4.78, 5) is 17.2. The normalized spacial score (nSPS) is 17.1. The van der Waals surface area contributed by atoms with E-state index in [1.807, 2.05) is 36.2 Å². The number of aryl methyl sites for hydroxylation is 1. The number of rotatable bonds is 8. The Kier molecular flexibility index (Phi) is 7.70. The number of hydrogen-bond donors (Lipinski definition) is 0. The van der Waals surface area contributed by atoms with Crippen LogP contribution in [0.5, 0.6) is 5.75 Å². The van der Waals surface area contributed by atoms with Crippen LogP contribution in [0.1, 0.15) is 29.5 Å². The third kappa shape index (κ3) is 6.33. The van der Waals surface area contributed by atoms with Crippen molar-refractivity contribution in [3.05, 3.63) is 65.2 Å². The van der Waals surface area contributed by atoms with Gasteiger partial charge in [-0.2, -0.15) is 0 Å². The number of piperidine rings is 1. The maximum absolute atomic E-state index is 12.7. The van der Waals surface area contributed by atoms with Crippen molar-refractivity contribution in [1.82, 2.24) is 9.80 Å². The minimum atomic E-state index is 0.217. The van der Waals surface area contributed by atoms with E-state index in [-0.39, 0.29) is 5.91 Å². The topological polar surface area (TPSA) is 32.8 Å². The Morgan fingerprint density at radius 3 is 2.66 bits per heavy atom. The lowest BCUT2D eigenvalue weighted by atomic mass is 9.96. The van der Waals surface area contributed by atoms with Gasteiger partial charge in [-0.25, -0.2) is 0 Å². The summed E-state index contributed by atoms with van der Waals surface area (Å²) < 4.78 is 5.24. The molecule has 0 N–H and O–H groups in total. The minimum Gasteiger partial charge on any atom is -0.497 e. The summed E-state index contributed by atoms with van der Waals surface area (Å²) in [6, 6.07) is 16.5. The molecule has 1 fully saturated rings. The number of likely N-dealkylation sites (N-methyl/N-ethyl adjacent to an activating group) is 1. The van der Waals surface area contributed by atoms with Crippen LogP contribution in [0.25, 0.3) is 0 Å². The number of amides is 1. The zero-order chi connectivity index (χ0) is 20.6. The van der Waals surface area contributed by atoms with Crippen LogP contribution in [-0.4, -0.2) is 56.0 Å². The van der Waals surface area contributed by atoms with E-state index in [0.717, 1.165) is 43.9 Å². The molecule has 4 heteroatoms. The zero-order valence-corrected chi connectivity index (χ0v) is 18.1. The third-order valence-corrected chi connectivity index (χ3v) is 6.04. The lowest BCUT2D eigenvalue weighted by Crippen LogP contribution is -2.42. The molecule has 1 amide bonds. The molecule has 3 rings (SSSR count). The van der Waals surface area contributed by atoms with Gasteiger partial charge in [-0.15, -0.1) is 0 Å². The maximum Gasteiger partial charge on any atom is 0.226 e. The van der Waals surface area contributed by atoms with Crippen LogP contribution in [0.3, 0.4) is 0 Å². The molecular formula is C25H34N2O2. The molecule has 0 radical (unpaired) electrons. The van der Waals surface area contributed by atoms with Gasteiger partial charge in [-0.3, -0.25) is 4.79 Å². The van der Waals surface area contributed by atoms with Crippen molar-refractivity contribution in [3.63, 3.8) is 0 Å². The Bertz CT molecular complexity index is 788. The van der Waals surface area contributed by atoms with Crippen LogP contribution in [-0.2, 0) is 17.6 Å². The van der Waals surface area contributed by atoms with Crippen molar-refractivity contribution in [1.29, 1.82) is 0 Å². The predicted molar refractivity (Wildman–Crippen MR) is 118 cm³/mol.